The second-order valence-corrected chi connectivity index (χ2v) is 5.42. The van der Waals surface area contributed by atoms with Gasteiger partial charge in [0.25, 0.3) is 0 Å². The molecule has 2 unspecified atom stereocenters. The number of aromatic nitrogens is 1. The molecule has 1 heterocycles. The molecule has 1 aliphatic carbocycles. The third kappa shape index (κ3) is 2.12. The van der Waals surface area contributed by atoms with Crippen molar-refractivity contribution in [3.05, 3.63) is 56.1 Å². The van der Waals surface area contributed by atoms with E-state index in [0.717, 1.165) is 12.1 Å². The van der Waals surface area contributed by atoms with Gasteiger partial charge in [0.05, 0.1) is 0 Å². The molecule has 0 spiro atoms. The van der Waals surface area contributed by atoms with Gasteiger partial charge < -0.3 is 16.0 Å². The van der Waals surface area contributed by atoms with Crippen LogP contribution < -0.4 is 15.9 Å². The van der Waals surface area contributed by atoms with Crippen molar-refractivity contribution in [2.24, 2.45) is 5.73 Å². The van der Waals surface area contributed by atoms with E-state index in [4.69, 9.17) is 5.73 Å². The Hall–Kier alpha value is -1.43. The minimum absolute atomic E-state index is 0.00433. The van der Waals surface area contributed by atoms with Crippen molar-refractivity contribution in [3.63, 3.8) is 0 Å². The van der Waals surface area contributed by atoms with Crippen molar-refractivity contribution in [1.29, 1.82) is 0 Å². The van der Waals surface area contributed by atoms with E-state index in [1.54, 1.807) is 0 Å². The third-order valence-corrected chi connectivity index (χ3v) is 4.09. The summed E-state index contributed by atoms with van der Waals surface area (Å²) in [6.07, 6.45) is 0.910. The molecule has 4 N–H and O–H groups in total. The number of fused-ring (bicyclic) bond motifs is 1. The maximum absolute atomic E-state index is 11.1. The Balaban J connectivity index is 1.73. The fourth-order valence-corrected chi connectivity index (χ4v) is 3.08. The van der Waals surface area contributed by atoms with Crippen molar-refractivity contribution in [2.75, 3.05) is 0 Å². The minimum atomic E-state index is -0.00433. The average molecular weight is 261 g/mol. The summed E-state index contributed by atoms with van der Waals surface area (Å²) in [6, 6.07) is 8.67. The van der Waals surface area contributed by atoms with Gasteiger partial charge in [-0.1, -0.05) is 35.6 Å². The minimum Gasteiger partial charge on any atom is -0.324 e. The molecular formula is C13H15N3OS. The number of benzene rings is 1. The molecule has 0 bridgehead atoms. The lowest BCUT2D eigenvalue weighted by Gasteiger charge is -2.13. The summed E-state index contributed by atoms with van der Waals surface area (Å²) in [7, 11) is 0. The van der Waals surface area contributed by atoms with E-state index in [-0.39, 0.29) is 17.0 Å². The molecule has 1 aromatic heterocycles. The molecule has 0 fully saturated rings. The van der Waals surface area contributed by atoms with Crippen molar-refractivity contribution in [1.82, 2.24) is 10.3 Å². The maximum Gasteiger partial charge on any atom is 0.304 e. The van der Waals surface area contributed by atoms with Crippen LogP contribution in [-0.4, -0.2) is 4.98 Å². The number of aromatic amines is 1. The lowest BCUT2D eigenvalue weighted by Crippen LogP contribution is -2.20. The van der Waals surface area contributed by atoms with Crippen LogP contribution in [0, 0.1) is 0 Å². The van der Waals surface area contributed by atoms with Gasteiger partial charge in [-0.3, -0.25) is 4.79 Å². The number of rotatable bonds is 3. The SMILES string of the molecule is NC1CC(NCc2csc(=O)[nH]2)c2ccccc21. The van der Waals surface area contributed by atoms with E-state index in [2.05, 4.69) is 22.4 Å². The zero-order valence-corrected chi connectivity index (χ0v) is 10.7. The monoisotopic (exact) mass is 261 g/mol. The first kappa shape index (κ1) is 11.6. The Kier molecular flexibility index (Phi) is 3.03. The third-order valence-electron chi connectivity index (χ3n) is 3.37. The number of H-pyrrole nitrogens is 1. The van der Waals surface area contributed by atoms with E-state index in [1.807, 2.05) is 17.5 Å². The number of nitrogens with two attached hydrogens (primary N) is 1. The molecular weight excluding hydrogens is 246 g/mol. The topological polar surface area (TPSA) is 70.9 Å². The summed E-state index contributed by atoms with van der Waals surface area (Å²) in [5.41, 5.74) is 9.56. The molecule has 0 amide bonds. The zero-order valence-electron chi connectivity index (χ0n) is 9.85. The van der Waals surface area contributed by atoms with Gasteiger partial charge in [-0.25, -0.2) is 0 Å². The fourth-order valence-electron chi connectivity index (χ4n) is 2.50. The first-order chi connectivity index (χ1) is 8.74. The maximum atomic E-state index is 11.1. The van der Waals surface area contributed by atoms with Crippen LogP contribution in [0.25, 0.3) is 0 Å². The molecule has 94 valence electrons. The lowest BCUT2D eigenvalue weighted by molar-refractivity contribution is 0.495. The summed E-state index contributed by atoms with van der Waals surface area (Å²) in [5, 5.41) is 5.31. The summed E-state index contributed by atoms with van der Waals surface area (Å²) in [6.45, 7) is 0.671. The van der Waals surface area contributed by atoms with Crippen LogP contribution >= 0.6 is 11.3 Å². The highest BCUT2D eigenvalue weighted by atomic mass is 32.1. The number of hydrogen-bond acceptors (Lipinski definition) is 4. The molecule has 2 aromatic rings. The summed E-state index contributed by atoms with van der Waals surface area (Å²) < 4.78 is 0. The highest BCUT2D eigenvalue weighted by Gasteiger charge is 2.27. The quantitative estimate of drug-likeness (QED) is 0.787. The molecule has 1 aromatic carbocycles. The Bertz CT molecular complexity index is 604. The first-order valence-corrected chi connectivity index (χ1v) is 6.86. The van der Waals surface area contributed by atoms with Crippen LogP contribution in [0.2, 0.25) is 0 Å². The van der Waals surface area contributed by atoms with E-state index < -0.39 is 0 Å². The van der Waals surface area contributed by atoms with Crippen molar-refractivity contribution >= 4 is 11.3 Å². The Morgan fingerprint density at radius 2 is 2.17 bits per heavy atom. The molecule has 0 aliphatic heterocycles. The van der Waals surface area contributed by atoms with Gasteiger partial charge in [0.1, 0.15) is 0 Å². The average Bonchev–Trinajstić information content (AvgIpc) is 2.92. The standard InChI is InChI=1S/C13H15N3OS/c14-11-5-12(10-4-2-1-3-9(10)11)15-6-8-7-18-13(17)16-8/h1-4,7,11-12,15H,5-6,14H2,(H,16,17). The molecule has 18 heavy (non-hydrogen) atoms. The van der Waals surface area contributed by atoms with Gasteiger partial charge in [-0.05, 0) is 17.5 Å². The van der Waals surface area contributed by atoms with Crippen molar-refractivity contribution in [2.45, 2.75) is 25.0 Å². The normalized spacial score (nSPS) is 22.1. The van der Waals surface area contributed by atoms with Crippen LogP contribution in [0.3, 0.4) is 0 Å². The van der Waals surface area contributed by atoms with Crippen LogP contribution in [0.15, 0.2) is 34.4 Å². The van der Waals surface area contributed by atoms with E-state index in [0.29, 0.717) is 6.54 Å². The number of nitrogens with one attached hydrogen (secondary N) is 2. The zero-order chi connectivity index (χ0) is 12.5. The molecule has 4 nitrogen and oxygen atoms in total. The molecule has 5 heteroatoms. The van der Waals surface area contributed by atoms with Crippen LogP contribution in [0.1, 0.15) is 35.3 Å². The Morgan fingerprint density at radius 1 is 1.39 bits per heavy atom. The highest BCUT2D eigenvalue weighted by Crippen LogP contribution is 2.36. The second-order valence-electron chi connectivity index (χ2n) is 4.58. The van der Waals surface area contributed by atoms with Gasteiger partial charge in [-0.15, -0.1) is 0 Å². The largest absolute Gasteiger partial charge is 0.324 e. The Morgan fingerprint density at radius 3 is 2.89 bits per heavy atom. The van der Waals surface area contributed by atoms with Crippen molar-refractivity contribution < 1.29 is 0 Å². The number of hydrogen-bond donors (Lipinski definition) is 3. The van der Waals surface area contributed by atoms with Crippen LogP contribution in [0.5, 0.6) is 0 Å². The van der Waals surface area contributed by atoms with E-state index in [1.165, 1.54) is 22.5 Å². The predicted molar refractivity (Wildman–Crippen MR) is 72.5 cm³/mol. The molecule has 2 atom stereocenters. The molecule has 1 aliphatic rings. The fraction of sp³-hybridized carbons (Fsp3) is 0.308. The van der Waals surface area contributed by atoms with Gasteiger partial charge in [-0.2, -0.15) is 0 Å². The number of thiazole rings is 1. The molecule has 0 saturated carbocycles. The smallest absolute Gasteiger partial charge is 0.304 e. The van der Waals surface area contributed by atoms with Crippen LogP contribution in [0.4, 0.5) is 0 Å². The summed E-state index contributed by atoms with van der Waals surface area (Å²) in [5.74, 6) is 0. The summed E-state index contributed by atoms with van der Waals surface area (Å²) >= 11 is 1.20. The molecule has 3 rings (SSSR count). The lowest BCUT2D eigenvalue weighted by atomic mass is 10.1. The molecule has 0 radical (unpaired) electrons. The molecule has 0 saturated heterocycles. The van der Waals surface area contributed by atoms with E-state index >= 15 is 0 Å². The Labute approximate surface area is 109 Å². The van der Waals surface area contributed by atoms with Gasteiger partial charge >= 0.3 is 4.87 Å². The predicted octanol–water partition coefficient (Wildman–Crippen LogP) is 1.67. The van der Waals surface area contributed by atoms with Gasteiger partial charge in [0, 0.05) is 29.7 Å². The van der Waals surface area contributed by atoms with Gasteiger partial charge in [0.2, 0.25) is 0 Å². The van der Waals surface area contributed by atoms with Crippen LogP contribution in [-0.2, 0) is 6.54 Å². The second kappa shape index (κ2) is 4.68. The van der Waals surface area contributed by atoms with Crippen molar-refractivity contribution in [3.8, 4) is 0 Å². The highest BCUT2D eigenvalue weighted by molar-refractivity contribution is 7.07. The summed E-state index contributed by atoms with van der Waals surface area (Å²) in [4.78, 5) is 13.9. The van der Waals surface area contributed by atoms with E-state index in [9.17, 15) is 4.79 Å². The first-order valence-electron chi connectivity index (χ1n) is 5.98. The van der Waals surface area contributed by atoms with Gasteiger partial charge in [0.15, 0.2) is 0 Å².